The smallest absolute Gasteiger partial charge is 0.208 e. The molecule has 0 fully saturated rings. The zero-order chi connectivity index (χ0) is 13.9. The summed E-state index contributed by atoms with van der Waals surface area (Å²) in [6.07, 6.45) is 1.89. The Morgan fingerprint density at radius 2 is 2.11 bits per heavy atom. The molecular weight excluding hydrogens is 282 g/mol. The van der Waals surface area contributed by atoms with E-state index in [1.807, 2.05) is 12.1 Å². The van der Waals surface area contributed by atoms with Crippen LogP contribution in [0.5, 0.6) is 0 Å². The molecule has 0 aliphatic carbocycles. The molecule has 5 nitrogen and oxygen atoms in total. The number of anilines is 1. The van der Waals surface area contributed by atoms with Crippen LogP contribution in [0, 0.1) is 6.92 Å². The molecule has 0 unspecified atom stereocenters. The molecule has 0 spiro atoms. The summed E-state index contributed by atoms with van der Waals surface area (Å²) in [5.74, 6) is 0. The summed E-state index contributed by atoms with van der Waals surface area (Å²) in [4.78, 5) is 4.47. The molecule has 104 valence electrons. The lowest BCUT2D eigenvalue weighted by atomic mass is 10.2. The SMILES string of the molecule is Cc1ccc2nc(NCCCNS(C)(=O)=O)sc2c1. The highest BCUT2D eigenvalue weighted by atomic mass is 32.2. The molecule has 2 aromatic rings. The predicted octanol–water partition coefficient (Wildman–Crippen LogP) is 1.96. The van der Waals surface area contributed by atoms with E-state index in [0.29, 0.717) is 13.1 Å². The minimum Gasteiger partial charge on any atom is -0.361 e. The molecule has 2 rings (SSSR count). The summed E-state index contributed by atoms with van der Waals surface area (Å²) in [6, 6.07) is 6.17. The minimum absolute atomic E-state index is 0.440. The highest BCUT2D eigenvalue weighted by Gasteiger charge is 2.03. The Hall–Kier alpha value is -1.18. The molecule has 19 heavy (non-hydrogen) atoms. The number of nitrogens with zero attached hydrogens (tertiary/aromatic N) is 1. The fourth-order valence-corrected chi connectivity index (χ4v) is 3.15. The quantitative estimate of drug-likeness (QED) is 0.800. The zero-order valence-corrected chi connectivity index (χ0v) is 12.6. The van der Waals surface area contributed by atoms with Gasteiger partial charge in [-0.05, 0) is 31.0 Å². The van der Waals surface area contributed by atoms with Gasteiger partial charge in [-0.25, -0.2) is 18.1 Å². The zero-order valence-electron chi connectivity index (χ0n) is 10.9. The summed E-state index contributed by atoms with van der Waals surface area (Å²) in [7, 11) is -3.09. The van der Waals surface area contributed by atoms with Gasteiger partial charge in [-0.2, -0.15) is 0 Å². The van der Waals surface area contributed by atoms with Gasteiger partial charge in [-0.3, -0.25) is 0 Å². The van der Waals surface area contributed by atoms with Gasteiger partial charge in [0.2, 0.25) is 10.0 Å². The molecule has 0 saturated heterocycles. The van der Waals surface area contributed by atoms with Crippen molar-refractivity contribution < 1.29 is 8.42 Å². The summed E-state index contributed by atoms with van der Waals surface area (Å²) < 4.78 is 25.4. The monoisotopic (exact) mass is 299 g/mol. The first-order valence-electron chi connectivity index (χ1n) is 6.00. The molecule has 7 heteroatoms. The van der Waals surface area contributed by atoms with Crippen LogP contribution >= 0.6 is 11.3 Å². The second kappa shape index (κ2) is 5.85. The first-order valence-corrected chi connectivity index (χ1v) is 8.70. The number of thiazole rings is 1. The molecule has 0 bridgehead atoms. The Balaban J connectivity index is 1.85. The standard InChI is InChI=1S/C12H17N3O2S2/c1-9-4-5-10-11(8-9)18-12(15-10)13-6-3-7-14-19(2,16)17/h4-5,8,14H,3,6-7H2,1-2H3,(H,13,15). The van der Waals surface area contributed by atoms with Gasteiger partial charge in [0.05, 0.1) is 16.5 Å². The maximum absolute atomic E-state index is 10.9. The average Bonchev–Trinajstić information content (AvgIpc) is 2.68. The van der Waals surface area contributed by atoms with Gasteiger partial charge in [0, 0.05) is 13.1 Å². The third-order valence-corrected chi connectivity index (χ3v) is 4.24. The van der Waals surface area contributed by atoms with Crippen LogP contribution in [0.25, 0.3) is 10.2 Å². The van der Waals surface area contributed by atoms with Crippen molar-refractivity contribution in [3.63, 3.8) is 0 Å². The lowest BCUT2D eigenvalue weighted by Crippen LogP contribution is -2.24. The van der Waals surface area contributed by atoms with E-state index in [1.165, 1.54) is 5.56 Å². The highest BCUT2D eigenvalue weighted by molar-refractivity contribution is 7.88. The molecule has 0 aliphatic heterocycles. The van der Waals surface area contributed by atoms with Gasteiger partial charge in [0.15, 0.2) is 5.13 Å². The Bertz CT molecular complexity index is 665. The van der Waals surface area contributed by atoms with Crippen molar-refractivity contribution in [3.8, 4) is 0 Å². The van der Waals surface area contributed by atoms with Crippen LogP contribution in [-0.2, 0) is 10.0 Å². The number of fused-ring (bicyclic) bond motifs is 1. The number of nitrogens with one attached hydrogen (secondary N) is 2. The Morgan fingerprint density at radius 1 is 1.32 bits per heavy atom. The van der Waals surface area contributed by atoms with Crippen LogP contribution in [0.1, 0.15) is 12.0 Å². The van der Waals surface area contributed by atoms with Gasteiger partial charge in [-0.1, -0.05) is 17.4 Å². The van der Waals surface area contributed by atoms with Crippen molar-refractivity contribution in [2.45, 2.75) is 13.3 Å². The predicted molar refractivity (Wildman–Crippen MR) is 80.3 cm³/mol. The maximum atomic E-state index is 10.9. The molecule has 1 aromatic carbocycles. The largest absolute Gasteiger partial charge is 0.361 e. The molecule has 0 aliphatic rings. The van der Waals surface area contributed by atoms with E-state index in [1.54, 1.807) is 11.3 Å². The van der Waals surface area contributed by atoms with E-state index in [4.69, 9.17) is 0 Å². The Labute approximate surface area is 117 Å². The number of hydrogen-bond donors (Lipinski definition) is 2. The van der Waals surface area contributed by atoms with Gasteiger partial charge in [0.1, 0.15) is 0 Å². The molecule has 2 N–H and O–H groups in total. The molecule has 0 saturated carbocycles. The van der Waals surface area contributed by atoms with E-state index in [0.717, 1.165) is 28.0 Å². The summed E-state index contributed by atoms with van der Waals surface area (Å²) >= 11 is 1.61. The second-order valence-corrected chi connectivity index (χ2v) is 7.30. The highest BCUT2D eigenvalue weighted by Crippen LogP contribution is 2.26. The second-order valence-electron chi connectivity index (χ2n) is 4.44. The molecule has 0 amide bonds. The topological polar surface area (TPSA) is 71.1 Å². The van der Waals surface area contributed by atoms with Crippen LogP contribution in [0.15, 0.2) is 18.2 Å². The molecule has 1 aromatic heterocycles. The normalized spacial score (nSPS) is 11.9. The average molecular weight is 299 g/mol. The first kappa shape index (κ1) is 14.2. The van der Waals surface area contributed by atoms with Gasteiger partial charge < -0.3 is 5.32 Å². The third kappa shape index (κ3) is 4.45. The summed E-state index contributed by atoms with van der Waals surface area (Å²) in [5, 5.41) is 4.09. The first-order chi connectivity index (χ1) is 8.94. The van der Waals surface area contributed by atoms with E-state index in [2.05, 4.69) is 28.0 Å². The molecule has 0 radical (unpaired) electrons. The van der Waals surface area contributed by atoms with Gasteiger partial charge in [0.25, 0.3) is 0 Å². The van der Waals surface area contributed by atoms with Crippen molar-refractivity contribution in [1.29, 1.82) is 0 Å². The third-order valence-electron chi connectivity index (χ3n) is 2.54. The van der Waals surface area contributed by atoms with Crippen LogP contribution in [0.2, 0.25) is 0 Å². The van der Waals surface area contributed by atoms with Crippen molar-refractivity contribution >= 4 is 36.7 Å². The van der Waals surface area contributed by atoms with Crippen LogP contribution < -0.4 is 10.0 Å². The van der Waals surface area contributed by atoms with E-state index in [9.17, 15) is 8.42 Å². The minimum atomic E-state index is -3.09. The number of benzene rings is 1. The number of aromatic nitrogens is 1. The fourth-order valence-electron chi connectivity index (χ4n) is 1.65. The van der Waals surface area contributed by atoms with Crippen molar-refractivity contribution in [2.75, 3.05) is 24.7 Å². The number of sulfonamides is 1. The van der Waals surface area contributed by atoms with Crippen LogP contribution in [-0.4, -0.2) is 32.7 Å². The van der Waals surface area contributed by atoms with Crippen LogP contribution in [0.4, 0.5) is 5.13 Å². The number of aryl methyl sites for hydroxylation is 1. The van der Waals surface area contributed by atoms with E-state index >= 15 is 0 Å². The van der Waals surface area contributed by atoms with E-state index < -0.39 is 10.0 Å². The molecule has 0 atom stereocenters. The van der Waals surface area contributed by atoms with Crippen molar-refractivity contribution in [2.24, 2.45) is 0 Å². The van der Waals surface area contributed by atoms with Crippen molar-refractivity contribution in [3.05, 3.63) is 23.8 Å². The summed E-state index contributed by atoms with van der Waals surface area (Å²) in [5.41, 5.74) is 2.22. The molecule has 1 heterocycles. The maximum Gasteiger partial charge on any atom is 0.208 e. The molecular formula is C12H17N3O2S2. The fraction of sp³-hybridized carbons (Fsp3) is 0.417. The van der Waals surface area contributed by atoms with Gasteiger partial charge >= 0.3 is 0 Å². The van der Waals surface area contributed by atoms with Gasteiger partial charge in [-0.15, -0.1) is 0 Å². The number of hydrogen-bond acceptors (Lipinski definition) is 5. The van der Waals surface area contributed by atoms with Crippen molar-refractivity contribution in [1.82, 2.24) is 9.71 Å². The Kier molecular flexibility index (Phi) is 4.38. The lowest BCUT2D eigenvalue weighted by Gasteiger charge is -2.03. The lowest BCUT2D eigenvalue weighted by molar-refractivity contribution is 0.586. The summed E-state index contributed by atoms with van der Waals surface area (Å²) in [6.45, 7) is 3.19. The van der Waals surface area contributed by atoms with Crippen LogP contribution in [0.3, 0.4) is 0 Å². The number of rotatable bonds is 6. The Morgan fingerprint density at radius 3 is 2.84 bits per heavy atom. The van der Waals surface area contributed by atoms with E-state index in [-0.39, 0.29) is 0 Å².